The maximum Gasteiger partial charge on any atom is 0.251 e. The number of nitrogens with one attached hydrogen (secondary N) is 2. The van der Waals surface area contributed by atoms with E-state index in [1.54, 1.807) is 38.5 Å². The number of carbonyl (C=O) groups excluding carboxylic acids is 3. The van der Waals surface area contributed by atoms with Crippen molar-refractivity contribution >= 4 is 34.3 Å². The van der Waals surface area contributed by atoms with Gasteiger partial charge in [-0.15, -0.1) is 0 Å². The van der Waals surface area contributed by atoms with Crippen molar-refractivity contribution in [1.82, 2.24) is 10.3 Å². The summed E-state index contributed by atoms with van der Waals surface area (Å²) in [6, 6.07) is 20.2. The summed E-state index contributed by atoms with van der Waals surface area (Å²) in [6.07, 6.45) is 2.38. The first kappa shape index (κ1) is 24.1. The molecule has 8 nitrogen and oxygen atoms in total. The Labute approximate surface area is 214 Å². The number of anilines is 1. The molecule has 0 radical (unpaired) electrons. The van der Waals surface area contributed by atoms with Gasteiger partial charge in [0.05, 0.1) is 19.9 Å². The molecule has 3 amide bonds. The molecule has 0 saturated carbocycles. The van der Waals surface area contributed by atoms with Crippen molar-refractivity contribution in [3.63, 3.8) is 0 Å². The lowest BCUT2D eigenvalue weighted by molar-refractivity contribution is -0.121. The topological polar surface area (TPSA) is 101 Å². The highest BCUT2D eigenvalue weighted by Gasteiger charge is 2.30. The van der Waals surface area contributed by atoms with Gasteiger partial charge in [-0.1, -0.05) is 30.3 Å². The van der Waals surface area contributed by atoms with E-state index in [1.807, 2.05) is 48.7 Å². The van der Waals surface area contributed by atoms with Crippen LogP contribution in [0.25, 0.3) is 10.9 Å². The number of nitrogens with zero attached hydrogens (tertiary/aromatic N) is 1. The van der Waals surface area contributed by atoms with Gasteiger partial charge in [0.1, 0.15) is 0 Å². The minimum Gasteiger partial charge on any atom is -0.493 e. The van der Waals surface area contributed by atoms with E-state index in [-0.39, 0.29) is 36.5 Å². The zero-order valence-electron chi connectivity index (χ0n) is 20.6. The zero-order chi connectivity index (χ0) is 25.9. The number of rotatable bonds is 8. The maximum atomic E-state index is 13.1. The summed E-state index contributed by atoms with van der Waals surface area (Å²) in [7, 11) is 3.20. The standard InChI is InChI=1S/C29H27N3O5/c1-36-25-9-5-7-21(28(25)37-2)23(22-16-30-24-8-4-3-6-20(22)24)17-31-29(35)18-10-12-19(13-11-18)32-26(33)14-15-27(32)34/h3-13,16,23,30H,14-15,17H2,1-2H3,(H,31,35). The molecule has 0 spiro atoms. The number of para-hydroxylation sites is 2. The van der Waals surface area contributed by atoms with Gasteiger partial charge in [-0.25, -0.2) is 0 Å². The number of fused-ring (bicyclic) bond motifs is 1. The van der Waals surface area contributed by atoms with Gasteiger partial charge < -0.3 is 19.8 Å². The molecule has 1 atom stereocenters. The molecule has 0 aliphatic carbocycles. The van der Waals surface area contributed by atoms with Gasteiger partial charge in [0.15, 0.2) is 11.5 Å². The van der Waals surface area contributed by atoms with E-state index in [9.17, 15) is 14.4 Å². The molecule has 1 fully saturated rings. The van der Waals surface area contributed by atoms with Crippen molar-refractivity contribution in [3.05, 3.63) is 89.6 Å². The third-order valence-corrected chi connectivity index (χ3v) is 6.71. The molecule has 3 aromatic carbocycles. The van der Waals surface area contributed by atoms with Crippen LogP contribution in [0.1, 0.15) is 40.2 Å². The average Bonchev–Trinajstić information content (AvgIpc) is 3.51. The Kier molecular flexibility index (Phi) is 6.64. The number of imide groups is 1. The highest BCUT2D eigenvalue weighted by atomic mass is 16.5. The van der Waals surface area contributed by atoms with E-state index < -0.39 is 0 Å². The first-order chi connectivity index (χ1) is 18.0. The Morgan fingerprint density at radius 2 is 1.65 bits per heavy atom. The molecule has 1 aliphatic rings. The van der Waals surface area contributed by atoms with Gasteiger partial charge in [-0.05, 0) is 42.0 Å². The molecule has 8 heteroatoms. The smallest absolute Gasteiger partial charge is 0.251 e. The Morgan fingerprint density at radius 3 is 2.35 bits per heavy atom. The highest BCUT2D eigenvalue weighted by Crippen LogP contribution is 2.40. The van der Waals surface area contributed by atoms with E-state index in [4.69, 9.17) is 9.47 Å². The third-order valence-electron chi connectivity index (χ3n) is 6.71. The van der Waals surface area contributed by atoms with Crippen LogP contribution in [-0.2, 0) is 9.59 Å². The molecule has 5 rings (SSSR count). The van der Waals surface area contributed by atoms with Crippen molar-refractivity contribution in [1.29, 1.82) is 0 Å². The van der Waals surface area contributed by atoms with Crippen LogP contribution in [0.4, 0.5) is 5.69 Å². The Morgan fingerprint density at radius 1 is 0.919 bits per heavy atom. The van der Waals surface area contributed by atoms with Gasteiger partial charge >= 0.3 is 0 Å². The lowest BCUT2D eigenvalue weighted by atomic mass is 9.89. The molecule has 2 heterocycles. The molecule has 188 valence electrons. The molecule has 0 bridgehead atoms. The predicted octanol–water partition coefficient (Wildman–Crippen LogP) is 4.40. The number of benzene rings is 3. The maximum absolute atomic E-state index is 13.1. The van der Waals surface area contributed by atoms with E-state index in [0.717, 1.165) is 22.0 Å². The van der Waals surface area contributed by atoms with Gasteiger partial charge in [0, 0.05) is 53.5 Å². The number of amides is 3. The lowest BCUT2D eigenvalue weighted by Gasteiger charge is -2.22. The fraction of sp³-hybridized carbons (Fsp3) is 0.207. The number of methoxy groups -OCH3 is 2. The van der Waals surface area contributed by atoms with Crippen molar-refractivity contribution < 1.29 is 23.9 Å². The highest BCUT2D eigenvalue weighted by molar-refractivity contribution is 6.19. The first-order valence-electron chi connectivity index (χ1n) is 12.0. The van der Waals surface area contributed by atoms with Crippen LogP contribution in [-0.4, -0.2) is 43.5 Å². The van der Waals surface area contributed by atoms with Gasteiger partial charge in [0.25, 0.3) is 5.91 Å². The number of hydrogen-bond donors (Lipinski definition) is 2. The summed E-state index contributed by atoms with van der Waals surface area (Å²) in [5.41, 5.74) is 3.80. The monoisotopic (exact) mass is 497 g/mol. The number of carbonyl (C=O) groups is 3. The summed E-state index contributed by atoms with van der Waals surface area (Å²) in [4.78, 5) is 41.7. The number of H-pyrrole nitrogens is 1. The number of aromatic amines is 1. The quantitative estimate of drug-likeness (QED) is 0.352. The molecule has 1 saturated heterocycles. The molecule has 2 N–H and O–H groups in total. The summed E-state index contributed by atoms with van der Waals surface area (Å²) >= 11 is 0. The minimum atomic E-state index is -0.266. The summed E-state index contributed by atoms with van der Waals surface area (Å²) < 4.78 is 11.2. The van der Waals surface area contributed by atoms with Crippen molar-refractivity contribution in [2.45, 2.75) is 18.8 Å². The van der Waals surface area contributed by atoms with E-state index in [0.29, 0.717) is 29.3 Å². The first-order valence-corrected chi connectivity index (χ1v) is 12.0. The zero-order valence-corrected chi connectivity index (χ0v) is 20.6. The second kappa shape index (κ2) is 10.2. The van der Waals surface area contributed by atoms with E-state index >= 15 is 0 Å². The normalized spacial score (nSPS) is 14.2. The second-order valence-electron chi connectivity index (χ2n) is 8.80. The second-order valence-corrected chi connectivity index (χ2v) is 8.80. The molecule has 37 heavy (non-hydrogen) atoms. The molecule has 1 unspecified atom stereocenters. The van der Waals surface area contributed by atoms with E-state index in [1.165, 1.54) is 4.90 Å². The number of aromatic nitrogens is 1. The van der Waals surface area contributed by atoms with Gasteiger partial charge in [-0.3, -0.25) is 19.3 Å². The van der Waals surface area contributed by atoms with Crippen LogP contribution in [0.5, 0.6) is 11.5 Å². The van der Waals surface area contributed by atoms with E-state index in [2.05, 4.69) is 10.3 Å². The fourth-order valence-electron chi connectivity index (χ4n) is 4.88. The molecule has 1 aliphatic heterocycles. The number of ether oxygens (including phenoxy) is 2. The lowest BCUT2D eigenvalue weighted by Crippen LogP contribution is -2.30. The van der Waals surface area contributed by atoms with Crippen LogP contribution in [0.3, 0.4) is 0 Å². The van der Waals surface area contributed by atoms with Gasteiger partial charge in [0.2, 0.25) is 11.8 Å². The average molecular weight is 498 g/mol. The van der Waals surface area contributed by atoms with Crippen molar-refractivity contribution in [3.8, 4) is 11.5 Å². The Balaban J connectivity index is 1.43. The fourth-order valence-corrected chi connectivity index (χ4v) is 4.88. The predicted molar refractivity (Wildman–Crippen MR) is 140 cm³/mol. The van der Waals surface area contributed by atoms with Crippen LogP contribution >= 0.6 is 0 Å². The Bertz CT molecular complexity index is 1460. The van der Waals surface area contributed by atoms with Crippen LogP contribution in [0, 0.1) is 0 Å². The van der Waals surface area contributed by atoms with Gasteiger partial charge in [-0.2, -0.15) is 0 Å². The Hall–Kier alpha value is -4.59. The summed E-state index contributed by atoms with van der Waals surface area (Å²) in [5.74, 6) is 0.269. The molecular formula is C29H27N3O5. The summed E-state index contributed by atoms with van der Waals surface area (Å²) in [6.45, 7) is 0.301. The minimum absolute atomic E-state index is 0.212. The van der Waals surface area contributed by atoms with Crippen LogP contribution < -0.4 is 19.7 Å². The number of hydrogen-bond acceptors (Lipinski definition) is 5. The summed E-state index contributed by atoms with van der Waals surface area (Å²) in [5, 5.41) is 4.10. The molecule has 4 aromatic rings. The van der Waals surface area contributed by atoms with Crippen molar-refractivity contribution in [2.24, 2.45) is 0 Å². The molecular weight excluding hydrogens is 470 g/mol. The largest absolute Gasteiger partial charge is 0.493 e. The third kappa shape index (κ3) is 4.53. The SMILES string of the molecule is COc1cccc(C(CNC(=O)c2ccc(N3C(=O)CCC3=O)cc2)c2c[nH]c3ccccc23)c1OC. The molecule has 1 aromatic heterocycles. The van der Waals surface area contributed by atoms with Crippen LogP contribution in [0.15, 0.2) is 72.9 Å². The van der Waals surface area contributed by atoms with Crippen LogP contribution in [0.2, 0.25) is 0 Å². The van der Waals surface area contributed by atoms with Crippen molar-refractivity contribution in [2.75, 3.05) is 25.7 Å².